The minimum absolute atomic E-state index is 0.120. The molecule has 0 heterocycles. The molecule has 0 bridgehead atoms. The third kappa shape index (κ3) is 11.4. The molecule has 0 radical (unpaired) electrons. The molecule has 3 aromatic rings. The molecule has 6 nitrogen and oxygen atoms in total. The van der Waals surface area contributed by atoms with Crippen molar-refractivity contribution >= 4 is 16.1 Å². The van der Waals surface area contributed by atoms with Crippen LogP contribution in [0.25, 0.3) is 11.1 Å². The molecular formula is C34H40O6S. The van der Waals surface area contributed by atoms with Crippen LogP contribution in [0, 0.1) is 23.7 Å². The summed E-state index contributed by atoms with van der Waals surface area (Å²) in [7, 11) is -2.02. The van der Waals surface area contributed by atoms with Gasteiger partial charge in [0, 0.05) is 12.3 Å². The zero-order chi connectivity index (χ0) is 29.9. The molecule has 0 N–H and O–H groups in total. The van der Waals surface area contributed by atoms with Crippen LogP contribution in [0.15, 0.2) is 78.9 Å². The van der Waals surface area contributed by atoms with Crippen LogP contribution in [0.4, 0.5) is 0 Å². The smallest absolute Gasteiger partial charge is 0.310 e. The lowest BCUT2D eigenvalue weighted by Crippen LogP contribution is -2.33. The fraction of sp³-hybridized carbons (Fsp3) is 0.382. The van der Waals surface area contributed by atoms with Crippen LogP contribution in [0.1, 0.15) is 44.7 Å². The SMILES string of the molecule is COc1ccc(CC#CC(CCc2ccc(-c3ccccc3)cc2)C(CCOS(C)(=O)=O)C(=O)OC(C)(C)C)cc1. The molecule has 2 unspecified atom stereocenters. The lowest BCUT2D eigenvalue weighted by Gasteiger charge is -2.27. The van der Waals surface area contributed by atoms with E-state index in [-0.39, 0.29) is 18.9 Å². The van der Waals surface area contributed by atoms with Gasteiger partial charge in [-0.05, 0) is 74.4 Å². The van der Waals surface area contributed by atoms with Crippen LogP contribution < -0.4 is 4.74 Å². The van der Waals surface area contributed by atoms with Crippen molar-refractivity contribution in [2.45, 2.75) is 52.1 Å². The van der Waals surface area contributed by atoms with E-state index in [1.807, 2.05) is 63.2 Å². The molecule has 0 saturated carbocycles. The van der Waals surface area contributed by atoms with Gasteiger partial charge < -0.3 is 9.47 Å². The molecule has 41 heavy (non-hydrogen) atoms. The summed E-state index contributed by atoms with van der Waals surface area (Å²) < 4.78 is 39.2. The highest BCUT2D eigenvalue weighted by Crippen LogP contribution is 2.27. The first kappa shape index (κ1) is 31.9. The largest absolute Gasteiger partial charge is 0.497 e. The second-order valence-electron chi connectivity index (χ2n) is 11.0. The predicted octanol–water partition coefficient (Wildman–Crippen LogP) is 6.48. The van der Waals surface area contributed by atoms with Gasteiger partial charge >= 0.3 is 5.97 Å². The molecule has 0 amide bonds. The van der Waals surface area contributed by atoms with E-state index in [2.05, 4.69) is 48.2 Å². The van der Waals surface area contributed by atoms with E-state index in [4.69, 9.17) is 13.7 Å². The van der Waals surface area contributed by atoms with Crippen LogP contribution in [0.3, 0.4) is 0 Å². The first-order chi connectivity index (χ1) is 19.4. The van der Waals surface area contributed by atoms with Crippen molar-refractivity contribution < 1.29 is 26.9 Å². The van der Waals surface area contributed by atoms with Crippen molar-refractivity contribution in [3.8, 4) is 28.7 Å². The molecule has 0 saturated heterocycles. The maximum absolute atomic E-state index is 13.4. The average Bonchev–Trinajstić information content (AvgIpc) is 2.93. The normalized spacial score (nSPS) is 13.0. The Kier molecular flexibility index (Phi) is 11.6. The molecule has 0 aliphatic rings. The number of aryl methyl sites for hydroxylation is 1. The van der Waals surface area contributed by atoms with Crippen molar-refractivity contribution in [1.82, 2.24) is 0 Å². The fourth-order valence-corrected chi connectivity index (χ4v) is 4.80. The van der Waals surface area contributed by atoms with Gasteiger partial charge in [-0.1, -0.05) is 78.6 Å². The summed E-state index contributed by atoms with van der Waals surface area (Å²) in [5.74, 6) is 5.94. The Bertz CT molecular complexity index is 1410. The molecule has 2 atom stereocenters. The Hall–Kier alpha value is -3.60. The van der Waals surface area contributed by atoms with Gasteiger partial charge in [0.2, 0.25) is 0 Å². The predicted molar refractivity (Wildman–Crippen MR) is 163 cm³/mol. The number of carbonyl (C=O) groups excluding carboxylic acids is 1. The van der Waals surface area contributed by atoms with E-state index in [0.29, 0.717) is 19.3 Å². The quantitative estimate of drug-likeness (QED) is 0.140. The second-order valence-corrected chi connectivity index (χ2v) is 12.7. The second kappa shape index (κ2) is 14.9. The van der Waals surface area contributed by atoms with Crippen LogP contribution in [0.2, 0.25) is 0 Å². The summed E-state index contributed by atoms with van der Waals surface area (Å²) in [4.78, 5) is 13.4. The highest BCUT2D eigenvalue weighted by molar-refractivity contribution is 7.85. The summed E-state index contributed by atoms with van der Waals surface area (Å²) in [6, 6.07) is 26.3. The molecule has 0 spiro atoms. The van der Waals surface area contributed by atoms with E-state index in [1.165, 1.54) is 0 Å². The molecule has 3 rings (SSSR count). The van der Waals surface area contributed by atoms with Gasteiger partial charge in [-0.25, -0.2) is 0 Å². The summed E-state index contributed by atoms with van der Waals surface area (Å²) >= 11 is 0. The molecule has 0 aliphatic carbocycles. The molecule has 3 aromatic carbocycles. The molecular weight excluding hydrogens is 536 g/mol. The molecule has 7 heteroatoms. The first-order valence-corrected chi connectivity index (χ1v) is 15.6. The topological polar surface area (TPSA) is 78.9 Å². The maximum atomic E-state index is 13.4. The summed E-state index contributed by atoms with van der Waals surface area (Å²) in [5, 5.41) is 0. The minimum Gasteiger partial charge on any atom is -0.497 e. The average molecular weight is 577 g/mol. The third-order valence-electron chi connectivity index (χ3n) is 6.47. The summed E-state index contributed by atoms with van der Waals surface area (Å²) in [5.41, 5.74) is 3.75. The van der Waals surface area contributed by atoms with Crippen molar-refractivity contribution in [1.29, 1.82) is 0 Å². The summed E-state index contributed by atoms with van der Waals surface area (Å²) in [6.45, 7) is 5.32. The number of hydrogen-bond acceptors (Lipinski definition) is 6. The van der Waals surface area contributed by atoms with Gasteiger partial charge in [-0.2, -0.15) is 8.42 Å². The lowest BCUT2D eigenvalue weighted by atomic mass is 9.85. The van der Waals surface area contributed by atoms with E-state index in [1.54, 1.807) is 7.11 Å². The van der Waals surface area contributed by atoms with Gasteiger partial charge in [0.25, 0.3) is 10.1 Å². The molecule has 0 fully saturated rings. The summed E-state index contributed by atoms with van der Waals surface area (Å²) in [6.07, 6.45) is 2.98. The third-order valence-corrected chi connectivity index (χ3v) is 7.06. The lowest BCUT2D eigenvalue weighted by molar-refractivity contribution is -0.162. The number of benzene rings is 3. The van der Waals surface area contributed by atoms with E-state index in [0.717, 1.165) is 34.3 Å². The minimum atomic E-state index is -3.65. The number of carbonyl (C=O) groups is 1. The van der Waals surface area contributed by atoms with Crippen molar-refractivity contribution in [3.05, 3.63) is 90.0 Å². The Labute approximate surface area is 245 Å². The van der Waals surface area contributed by atoms with Gasteiger partial charge in [0.15, 0.2) is 0 Å². The van der Waals surface area contributed by atoms with Crippen LogP contribution in [-0.4, -0.2) is 40.0 Å². The first-order valence-electron chi connectivity index (χ1n) is 13.8. The monoisotopic (exact) mass is 576 g/mol. The maximum Gasteiger partial charge on any atom is 0.310 e. The van der Waals surface area contributed by atoms with E-state index in [9.17, 15) is 13.2 Å². The van der Waals surface area contributed by atoms with Crippen LogP contribution >= 0.6 is 0 Å². The van der Waals surface area contributed by atoms with E-state index >= 15 is 0 Å². The zero-order valence-electron chi connectivity index (χ0n) is 24.6. The Morgan fingerprint density at radius 3 is 2.05 bits per heavy atom. The highest BCUT2D eigenvalue weighted by Gasteiger charge is 2.31. The Balaban J connectivity index is 1.83. The zero-order valence-corrected chi connectivity index (χ0v) is 25.4. The number of hydrogen-bond donors (Lipinski definition) is 0. The fourth-order valence-electron chi connectivity index (χ4n) is 4.41. The van der Waals surface area contributed by atoms with E-state index < -0.39 is 27.6 Å². The Morgan fingerprint density at radius 1 is 0.854 bits per heavy atom. The highest BCUT2D eigenvalue weighted by atomic mass is 32.2. The molecule has 0 aliphatic heterocycles. The van der Waals surface area contributed by atoms with Gasteiger partial charge in [-0.3, -0.25) is 8.98 Å². The standard InChI is InChI=1S/C34H40O6S/c1-34(2,3)40-33(35)32(24-25-39-41(5,36)37)30(13-9-10-26-17-22-31(38-4)23-18-26)21-16-27-14-19-29(20-15-27)28-11-7-6-8-12-28/h6-8,11-12,14-15,17-20,22-23,30,32H,10,16,21,24-25H2,1-5H3. The van der Waals surface area contributed by atoms with Crippen molar-refractivity contribution in [3.63, 3.8) is 0 Å². The van der Waals surface area contributed by atoms with Gasteiger partial charge in [0.1, 0.15) is 11.4 Å². The van der Waals surface area contributed by atoms with Crippen molar-refractivity contribution in [2.75, 3.05) is 20.0 Å². The van der Waals surface area contributed by atoms with Crippen molar-refractivity contribution in [2.24, 2.45) is 11.8 Å². The molecule has 218 valence electrons. The van der Waals surface area contributed by atoms with Gasteiger partial charge in [-0.15, -0.1) is 0 Å². The van der Waals surface area contributed by atoms with Crippen LogP contribution in [-0.2, 0) is 36.7 Å². The van der Waals surface area contributed by atoms with Gasteiger partial charge in [0.05, 0.1) is 25.9 Å². The van der Waals surface area contributed by atoms with Crippen LogP contribution in [0.5, 0.6) is 5.75 Å². The number of esters is 1. The number of methoxy groups -OCH3 is 1. The Morgan fingerprint density at radius 2 is 1.46 bits per heavy atom. The number of rotatable bonds is 12. The molecule has 0 aromatic heterocycles. The number of ether oxygens (including phenoxy) is 2.